The van der Waals surface area contributed by atoms with Gasteiger partial charge in [-0.2, -0.15) is 0 Å². The molecule has 0 unspecified atom stereocenters. The van der Waals surface area contributed by atoms with Crippen LogP contribution in [0, 0.1) is 0 Å². The maximum atomic E-state index is 8.48. The number of hydrogen-bond acceptors (Lipinski definition) is 2. The Morgan fingerprint density at radius 2 is 2.00 bits per heavy atom. The van der Waals surface area contributed by atoms with Crippen molar-refractivity contribution in [2.75, 3.05) is 7.05 Å². The summed E-state index contributed by atoms with van der Waals surface area (Å²) < 4.78 is 0. The van der Waals surface area contributed by atoms with Gasteiger partial charge >= 0.3 is 0 Å². The van der Waals surface area contributed by atoms with Crippen molar-refractivity contribution in [2.45, 2.75) is 13.8 Å². The van der Waals surface area contributed by atoms with Gasteiger partial charge in [-0.15, -0.1) is 0 Å². The normalized spacial score (nSPS) is 8.00. The Kier molecular flexibility index (Phi) is 2.45. The maximum absolute atomic E-state index is 8.48. The molecule has 0 rings (SSSR count). The van der Waals surface area contributed by atoms with Gasteiger partial charge in [-0.25, -0.2) is 0 Å². The van der Waals surface area contributed by atoms with E-state index in [-0.39, 0.29) is 0 Å². The van der Waals surface area contributed by atoms with Gasteiger partial charge in [0.05, 0.1) is 0 Å². The smallest absolute Gasteiger partial charge is 0.0334 e. The standard InChI is InChI=1S/C5H11NO/c1-5(2)4-6(3)7/h4,7H,1-3H3. The van der Waals surface area contributed by atoms with Gasteiger partial charge in [-0.05, 0) is 13.8 Å². The minimum Gasteiger partial charge on any atom is -0.289 e. The zero-order valence-corrected chi connectivity index (χ0v) is 4.97. The molecule has 0 radical (unpaired) electrons. The highest BCUT2D eigenvalue weighted by atomic mass is 16.5. The van der Waals surface area contributed by atoms with Crippen LogP contribution in [-0.4, -0.2) is 17.3 Å². The summed E-state index contributed by atoms with van der Waals surface area (Å²) in [6.45, 7) is 3.85. The molecule has 0 atom stereocenters. The average molecular weight is 101 g/mol. The summed E-state index contributed by atoms with van der Waals surface area (Å²) in [5.41, 5.74) is 1.09. The molecule has 0 bridgehead atoms. The first-order valence-electron chi connectivity index (χ1n) is 2.19. The van der Waals surface area contributed by atoms with E-state index in [4.69, 9.17) is 5.21 Å². The first-order chi connectivity index (χ1) is 3.13. The van der Waals surface area contributed by atoms with Crippen molar-refractivity contribution in [3.05, 3.63) is 11.8 Å². The van der Waals surface area contributed by atoms with Crippen molar-refractivity contribution in [3.8, 4) is 0 Å². The molecule has 0 aliphatic heterocycles. The zero-order valence-electron chi connectivity index (χ0n) is 4.97. The van der Waals surface area contributed by atoms with Crippen molar-refractivity contribution >= 4 is 0 Å². The van der Waals surface area contributed by atoms with E-state index in [2.05, 4.69) is 0 Å². The molecular formula is C5H11NO. The summed E-state index contributed by atoms with van der Waals surface area (Å²) in [6.07, 6.45) is 1.64. The van der Waals surface area contributed by atoms with Crippen LogP contribution in [0.5, 0.6) is 0 Å². The number of hydrogen-bond donors (Lipinski definition) is 1. The topological polar surface area (TPSA) is 23.5 Å². The highest BCUT2D eigenvalue weighted by Gasteiger charge is 1.77. The lowest BCUT2D eigenvalue weighted by Crippen LogP contribution is -2.01. The fourth-order valence-corrected chi connectivity index (χ4v) is 0.374. The van der Waals surface area contributed by atoms with Gasteiger partial charge in [0.1, 0.15) is 0 Å². The molecule has 0 spiro atoms. The lowest BCUT2D eigenvalue weighted by molar-refractivity contribution is -0.0137. The SMILES string of the molecule is CC(C)=CN(C)O. The molecule has 2 heteroatoms. The van der Waals surface area contributed by atoms with Crippen LogP contribution in [0.3, 0.4) is 0 Å². The van der Waals surface area contributed by atoms with Gasteiger partial charge in [0.25, 0.3) is 0 Å². The number of hydroxylamine groups is 2. The van der Waals surface area contributed by atoms with E-state index in [1.165, 1.54) is 0 Å². The molecule has 2 nitrogen and oxygen atoms in total. The second kappa shape index (κ2) is 2.64. The van der Waals surface area contributed by atoms with Gasteiger partial charge in [-0.3, -0.25) is 10.3 Å². The van der Waals surface area contributed by atoms with Gasteiger partial charge in [-0.1, -0.05) is 5.57 Å². The van der Waals surface area contributed by atoms with Crippen molar-refractivity contribution in [1.82, 2.24) is 5.06 Å². The van der Waals surface area contributed by atoms with E-state index in [1.54, 1.807) is 13.2 Å². The average Bonchev–Trinajstić information content (AvgIpc) is 1.27. The number of nitrogens with zero attached hydrogens (tertiary/aromatic N) is 1. The van der Waals surface area contributed by atoms with E-state index in [0.29, 0.717) is 0 Å². The summed E-state index contributed by atoms with van der Waals surface area (Å²) in [4.78, 5) is 0. The monoisotopic (exact) mass is 101 g/mol. The minimum absolute atomic E-state index is 1.04. The summed E-state index contributed by atoms with van der Waals surface area (Å²) in [6, 6.07) is 0. The second-order valence-electron chi connectivity index (χ2n) is 1.78. The van der Waals surface area contributed by atoms with Crippen molar-refractivity contribution in [3.63, 3.8) is 0 Å². The van der Waals surface area contributed by atoms with E-state index in [9.17, 15) is 0 Å². The number of allylic oxidation sites excluding steroid dienone is 1. The molecule has 0 aromatic rings. The van der Waals surface area contributed by atoms with Crippen LogP contribution in [-0.2, 0) is 0 Å². The molecule has 0 heterocycles. The second-order valence-corrected chi connectivity index (χ2v) is 1.78. The molecule has 0 aliphatic rings. The summed E-state index contributed by atoms with van der Waals surface area (Å²) in [5.74, 6) is 0. The Labute approximate surface area is 44.0 Å². The molecule has 0 amide bonds. The lowest BCUT2D eigenvalue weighted by Gasteiger charge is -2.01. The molecule has 1 N–H and O–H groups in total. The highest BCUT2D eigenvalue weighted by Crippen LogP contribution is 1.87. The van der Waals surface area contributed by atoms with Crippen LogP contribution < -0.4 is 0 Å². The Hall–Kier alpha value is -0.500. The Morgan fingerprint density at radius 1 is 1.57 bits per heavy atom. The molecular weight excluding hydrogens is 90.1 g/mol. The van der Waals surface area contributed by atoms with Crippen molar-refractivity contribution < 1.29 is 5.21 Å². The van der Waals surface area contributed by atoms with Crippen LogP contribution in [0.4, 0.5) is 0 Å². The minimum atomic E-state index is 1.04. The summed E-state index contributed by atoms with van der Waals surface area (Å²) in [5, 5.41) is 9.52. The lowest BCUT2D eigenvalue weighted by atomic mass is 10.4. The third-order valence-electron chi connectivity index (χ3n) is 0.445. The van der Waals surface area contributed by atoms with Gasteiger partial charge in [0, 0.05) is 13.2 Å². The third kappa shape index (κ3) is 5.50. The largest absolute Gasteiger partial charge is 0.289 e. The Bertz CT molecular complexity index is 72.1. The molecule has 0 aromatic heterocycles. The highest BCUT2D eigenvalue weighted by molar-refractivity contribution is 4.89. The van der Waals surface area contributed by atoms with Gasteiger partial charge in [0.2, 0.25) is 0 Å². The first-order valence-corrected chi connectivity index (χ1v) is 2.19. The zero-order chi connectivity index (χ0) is 5.86. The summed E-state index contributed by atoms with van der Waals surface area (Å²) in [7, 11) is 1.58. The molecule has 0 saturated heterocycles. The quantitative estimate of drug-likeness (QED) is 0.502. The molecule has 0 fully saturated rings. The van der Waals surface area contributed by atoms with Gasteiger partial charge in [0.15, 0.2) is 0 Å². The maximum Gasteiger partial charge on any atom is 0.0334 e. The van der Waals surface area contributed by atoms with Crippen LogP contribution in [0.25, 0.3) is 0 Å². The molecule has 0 saturated carbocycles. The van der Waals surface area contributed by atoms with E-state index in [0.717, 1.165) is 10.6 Å². The fourth-order valence-electron chi connectivity index (χ4n) is 0.374. The van der Waals surface area contributed by atoms with Crippen LogP contribution in [0.2, 0.25) is 0 Å². The van der Waals surface area contributed by atoms with E-state index in [1.807, 2.05) is 13.8 Å². The molecule has 42 valence electrons. The van der Waals surface area contributed by atoms with Crippen LogP contribution in [0.1, 0.15) is 13.8 Å². The molecule has 0 aromatic carbocycles. The van der Waals surface area contributed by atoms with E-state index < -0.39 is 0 Å². The Balaban J connectivity index is 3.45. The third-order valence-corrected chi connectivity index (χ3v) is 0.445. The number of rotatable bonds is 1. The fraction of sp³-hybridized carbons (Fsp3) is 0.600. The summed E-state index contributed by atoms with van der Waals surface area (Å²) >= 11 is 0. The molecule has 7 heavy (non-hydrogen) atoms. The predicted molar refractivity (Wildman–Crippen MR) is 29.0 cm³/mol. The Morgan fingerprint density at radius 3 is 2.00 bits per heavy atom. The predicted octanol–water partition coefficient (Wildman–Crippen LogP) is 1.23. The van der Waals surface area contributed by atoms with Crippen LogP contribution >= 0.6 is 0 Å². The van der Waals surface area contributed by atoms with Crippen molar-refractivity contribution in [1.29, 1.82) is 0 Å². The first kappa shape index (κ1) is 6.50. The van der Waals surface area contributed by atoms with Crippen LogP contribution in [0.15, 0.2) is 11.8 Å². The molecule has 0 aliphatic carbocycles. The van der Waals surface area contributed by atoms with Crippen molar-refractivity contribution in [2.24, 2.45) is 0 Å². The van der Waals surface area contributed by atoms with E-state index >= 15 is 0 Å². The van der Waals surface area contributed by atoms with Gasteiger partial charge < -0.3 is 0 Å².